The Labute approximate surface area is 189 Å². The van der Waals surface area contributed by atoms with Crippen molar-refractivity contribution in [2.24, 2.45) is 0 Å². The number of thiazole rings is 1. The number of rotatable bonds is 9. The Morgan fingerprint density at radius 1 is 1.22 bits per heavy atom. The highest BCUT2D eigenvalue weighted by molar-refractivity contribution is 7.17. The standard InChI is InChI=1S/C22H23N3O6S/c1-5-10-31-20(29)17-13(2)23-21(32-17)24-16(26)11-30-12-22(3,4)25-18(27)14-8-6-7-9-15(14)19(25)28/h5-9H,1,10-12H2,2-4H3,(H,23,24,26). The number of ether oxygens (including phenoxy) is 2. The van der Waals surface area contributed by atoms with Gasteiger partial charge in [0.1, 0.15) is 18.1 Å². The number of hydrogen-bond acceptors (Lipinski definition) is 8. The lowest BCUT2D eigenvalue weighted by atomic mass is 10.0. The van der Waals surface area contributed by atoms with Crippen LogP contribution in [0.2, 0.25) is 0 Å². The van der Waals surface area contributed by atoms with Crippen molar-refractivity contribution in [2.75, 3.05) is 25.1 Å². The van der Waals surface area contributed by atoms with Gasteiger partial charge in [0.25, 0.3) is 17.7 Å². The van der Waals surface area contributed by atoms with E-state index in [1.54, 1.807) is 45.0 Å². The first kappa shape index (κ1) is 23.3. The molecule has 0 saturated heterocycles. The first-order valence-corrected chi connectivity index (χ1v) is 10.6. The smallest absolute Gasteiger partial charge is 0.350 e. The summed E-state index contributed by atoms with van der Waals surface area (Å²) in [5.41, 5.74) is 0.176. The molecule has 0 atom stereocenters. The van der Waals surface area contributed by atoms with Gasteiger partial charge in [-0.05, 0) is 32.9 Å². The van der Waals surface area contributed by atoms with Crippen molar-refractivity contribution >= 4 is 40.2 Å². The fraction of sp³-hybridized carbons (Fsp3) is 0.318. The molecule has 0 saturated carbocycles. The molecule has 10 heteroatoms. The highest BCUT2D eigenvalue weighted by atomic mass is 32.1. The van der Waals surface area contributed by atoms with Crippen LogP contribution in [0, 0.1) is 6.92 Å². The van der Waals surface area contributed by atoms with Crippen LogP contribution in [0.5, 0.6) is 0 Å². The van der Waals surface area contributed by atoms with E-state index in [1.165, 1.54) is 6.08 Å². The maximum absolute atomic E-state index is 12.7. The molecule has 9 nitrogen and oxygen atoms in total. The van der Waals surface area contributed by atoms with Crippen molar-refractivity contribution in [3.8, 4) is 0 Å². The number of carbonyl (C=O) groups is 4. The highest BCUT2D eigenvalue weighted by Crippen LogP contribution is 2.29. The average molecular weight is 458 g/mol. The molecule has 3 amide bonds. The Balaban J connectivity index is 1.55. The highest BCUT2D eigenvalue weighted by Gasteiger charge is 2.44. The van der Waals surface area contributed by atoms with Crippen LogP contribution in [0.15, 0.2) is 36.9 Å². The number of nitrogens with one attached hydrogen (secondary N) is 1. The molecule has 0 spiro atoms. The van der Waals surface area contributed by atoms with Gasteiger partial charge in [-0.3, -0.25) is 24.6 Å². The molecule has 2 aromatic rings. The molecule has 0 bridgehead atoms. The fourth-order valence-electron chi connectivity index (χ4n) is 3.19. The predicted octanol–water partition coefficient (Wildman–Crippen LogP) is 2.82. The molecule has 1 aliphatic heterocycles. The van der Waals surface area contributed by atoms with Crippen LogP contribution in [0.4, 0.5) is 5.13 Å². The molecule has 0 aliphatic carbocycles. The van der Waals surface area contributed by atoms with Gasteiger partial charge >= 0.3 is 5.97 Å². The second-order valence-corrected chi connectivity index (χ2v) is 8.66. The van der Waals surface area contributed by atoms with Crippen molar-refractivity contribution in [1.82, 2.24) is 9.88 Å². The number of hydrogen-bond donors (Lipinski definition) is 1. The van der Waals surface area contributed by atoms with E-state index < -0.39 is 29.2 Å². The Hall–Kier alpha value is -3.37. The minimum atomic E-state index is -0.965. The first-order valence-electron chi connectivity index (χ1n) is 9.76. The summed E-state index contributed by atoms with van der Waals surface area (Å²) in [7, 11) is 0. The SMILES string of the molecule is C=CCOC(=O)c1sc(NC(=O)COCC(C)(C)N2C(=O)c3ccccc3C2=O)nc1C. The number of esters is 1. The number of carbonyl (C=O) groups excluding carboxylic acids is 4. The minimum Gasteiger partial charge on any atom is -0.457 e. The third-order valence-electron chi connectivity index (χ3n) is 4.65. The Morgan fingerprint density at radius 2 is 1.84 bits per heavy atom. The second kappa shape index (κ2) is 9.41. The summed E-state index contributed by atoms with van der Waals surface area (Å²) < 4.78 is 10.5. The van der Waals surface area contributed by atoms with Crippen LogP contribution < -0.4 is 5.32 Å². The van der Waals surface area contributed by atoms with Gasteiger partial charge in [-0.2, -0.15) is 0 Å². The molecular formula is C22H23N3O6S. The average Bonchev–Trinajstić information content (AvgIpc) is 3.23. The van der Waals surface area contributed by atoms with Gasteiger partial charge in [-0.1, -0.05) is 36.1 Å². The van der Waals surface area contributed by atoms with E-state index >= 15 is 0 Å². The number of fused-ring (bicyclic) bond motifs is 1. The third-order valence-corrected chi connectivity index (χ3v) is 5.70. The number of amides is 3. The number of anilines is 1. The second-order valence-electron chi connectivity index (χ2n) is 7.67. The van der Waals surface area contributed by atoms with Crippen LogP contribution in [-0.2, 0) is 14.3 Å². The summed E-state index contributed by atoms with van der Waals surface area (Å²) >= 11 is 0.994. The topological polar surface area (TPSA) is 115 Å². The molecule has 2 heterocycles. The summed E-state index contributed by atoms with van der Waals surface area (Å²) in [6.07, 6.45) is 1.46. The van der Waals surface area contributed by atoms with Crippen LogP contribution in [0.3, 0.4) is 0 Å². The van der Waals surface area contributed by atoms with E-state index in [1.807, 2.05) is 0 Å². The normalized spacial score (nSPS) is 13.2. The van der Waals surface area contributed by atoms with Gasteiger partial charge in [-0.15, -0.1) is 0 Å². The zero-order valence-electron chi connectivity index (χ0n) is 18.0. The van der Waals surface area contributed by atoms with Crippen molar-refractivity contribution in [2.45, 2.75) is 26.3 Å². The third kappa shape index (κ3) is 4.76. The summed E-state index contributed by atoms with van der Waals surface area (Å²) in [4.78, 5) is 55.1. The van der Waals surface area contributed by atoms with Crippen molar-refractivity contribution in [3.05, 3.63) is 58.6 Å². The summed E-state index contributed by atoms with van der Waals surface area (Å²) in [6, 6.07) is 6.62. The summed E-state index contributed by atoms with van der Waals surface area (Å²) in [5.74, 6) is -1.81. The van der Waals surface area contributed by atoms with Crippen LogP contribution in [0.25, 0.3) is 0 Å². The lowest BCUT2D eigenvalue weighted by Crippen LogP contribution is -2.50. The number of imide groups is 1. The number of benzene rings is 1. The number of aromatic nitrogens is 1. The first-order chi connectivity index (χ1) is 15.2. The van der Waals surface area contributed by atoms with Crippen LogP contribution in [0.1, 0.15) is 49.9 Å². The molecule has 1 N–H and O–H groups in total. The monoisotopic (exact) mass is 457 g/mol. The van der Waals surface area contributed by atoms with Gasteiger partial charge in [0, 0.05) is 0 Å². The van der Waals surface area contributed by atoms with E-state index in [9.17, 15) is 19.2 Å². The van der Waals surface area contributed by atoms with Crippen molar-refractivity contribution in [1.29, 1.82) is 0 Å². The van der Waals surface area contributed by atoms with E-state index in [0.717, 1.165) is 16.2 Å². The van der Waals surface area contributed by atoms with Crippen LogP contribution >= 0.6 is 11.3 Å². The maximum Gasteiger partial charge on any atom is 0.350 e. The van der Waals surface area contributed by atoms with E-state index in [0.29, 0.717) is 16.8 Å². The van der Waals surface area contributed by atoms with Crippen molar-refractivity contribution in [3.63, 3.8) is 0 Å². The zero-order chi connectivity index (χ0) is 23.5. The minimum absolute atomic E-state index is 0.0398. The zero-order valence-corrected chi connectivity index (χ0v) is 18.8. The quantitative estimate of drug-likeness (QED) is 0.350. The van der Waals surface area contributed by atoms with Gasteiger partial charge < -0.3 is 9.47 Å². The van der Waals surface area contributed by atoms with E-state index in [-0.39, 0.29) is 29.8 Å². The molecule has 1 aliphatic rings. The largest absolute Gasteiger partial charge is 0.457 e. The van der Waals surface area contributed by atoms with Gasteiger partial charge in [-0.25, -0.2) is 9.78 Å². The predicted molar refractivity (Wildman–Crippen MR) is 118 cm³/mol. The number of nitrogens with zero attached hydrogens (tertiary/aromatic N) is 2. The van der Waals surface area contributed by atoms with Gasteiger partial charge in [0.15, 0.2) is 5.13 Å². The molecule has 1 aromatic heterocycles. The van der Waals surface area contributed by atoms with Gasteiger partial charge in [0.05, 0.1) is 29.0 Å². The summed E-state index contributed by atoms with van der Waals surface area (Å²) in [5, 5.41) is 2.81. The number of aryl methyl sites for hydroxylation is 1. The molecular weight excluding hydrogens is 434 g/mol. The Morgan fingerprint density at radius 3 is 2.44 bits per heavy atom. The lowest BCUT2D eigenvalue weighted by Gasteiger charge is -2.33. The maximum atomic E-state index is 12.7. The fourth-order valence-corrected chi connectivity index (χ4v) is 4.07. The van der Waals surface area contributed by atoms with E-state index in [2.05, 4.69) is 16.9 Å². The van der Waals surface area contributed by atoms with E-state index in [4.69, 9.17) is 9.47 Å². The Kier molecular flexibility index (Phi) is 6.85. The molecule has 32 heavy (non-hydrogen) atoms. The molecule has 0 unspecified atom stereocenters. The molecule has 0 fully saturated rings. The summed E-state index contributed by atoms with van der Waals surface area (Å²) in [6.45, 7) is 8.22. The van der Waals surface area contributed by atoms with Gasteiger partial charge in [0.2, 0.25) is 0 Å². The molecule has 0 radical (unpaired) electrons. The molecule has 3 rings (SSSR count). The lowest BCUT2D eigenvalue weighted by molar-refractivity contribution is -0.121. The Bertz CT molecular complexity index is 1060. The van der Waals surface area contributed by atoms with Crippen molar-refractivity contribution < 1.29 is 28.7 Å². The molecule has 168 valence electrons. The molecule has 1 aromatic carbocycles. The van der Waals surface area contributed by atoms with Crippen LogP contribution in [-0.4, -0.2) is 58.9 Å².